The first-order valence-electron chi connectivity index (χ1n) is 20.1. The predicted molar refractivity (Wildman–Crippen MR) is 219 cm³/mol. The van der Waals surface area contributed by atoms with E-state index in [0.717, 1.165) is 22.5 Å². The van der Waals surface area contributed by atoms with Crippen LogP contribution in [-0.2, 0) is 48.0 Å². The lowest BCUT2D eigenvalue weighted by molar-refractivity contribution is -0.142. The molecule has 0 radical (unpaired) electrons. The molecule has 2 aliphatic rings. The quantitative estimate of drug-likeness (QED) is 0.141. The first kappa shape index (κ1) is 44.0. The number of nitrogens with one attached hydrogen (secondary N) is 3. The Bertz CT molecular complexity index is 1900. The summed E-state index contributed by atoms with van der Waals surface area (Å²) in [7, 11) is 0. The van der Waals surface area contributed by atoms with Gasteiger partial charge in [-0.3, -0.25) is 24.0 Å². The standard InChI is InChI=1S/C43H56N6O8S/c1-7-48(8-2)42(55)57-41-44-31(25-58-41)24-36(50)45-32(20-19-29-15-11-9-12-16-29)38(52)47-34-22-28(5)49(40(34)54)35(23-30-17-13-10-14-18-30)39(53)46-33(21-27(3)4)37(51)43(6)26-56-43/h9-18,25,27-28,32-35H,7-8,19-24,26H2,1-6H3,(H,45,50)(H,46,53)(H,47,52)/t28?,32-,33-,34-,35-,43?/m0/s1. The summed E-state index contributed by atoms with van der Waals surface area (Å²) in [6.07, 6.45) is 0.870. The first-order valence-corrected chi connectivity index (χ1v) is 21.0. The number of carbonyl (C=O) groups excluding carboxylic acids is 6. The Kier molecular flexibility index (Phi) is 15.2. The van der Waals surface area contributed by atoms with E-state index in [1.165, 1.54) is 9.80 Å². The Morgan fingerprint density at radius 2 is 1.60 bits per heavy atom. The molecule has 2 aromatic carbocycles. The van der Waals surface area contributed by atoms with E-state index in [0.29, 0.717) is 38.2 Å². The summed E-state index contributed by atoms with van der Waals surface area (Å²) in [6, 6.07) is 14.7. The van der Waals surface area contributed by atoms with E-state index in [-0.39, 0.29) is 42.6 Å². The summed E-state index contributed by atoms with van der Waals surface area (Å²) in [4.78, 5) is 89.1. The number of hydrogen-bond acceptors (Lipinski definition) is 10. The van der Waals surface area contributed by atoms with Gasteiger partial charge in [-0.1, -0.05) is 85.8 Å². The lowest BCUT2D eigenvalue weighted by atomic mass is 9.92. The lowest BCUT2D eigenvalue weighted by Crippen LogP contribution is -2.57. The van der Waals surface area contributed by atoms with Crippen molar-refractivity contribution in [3.05, 3.63) is 82.9 Å². The van der Waals surface area contributed by atoms with Crippen molar-refractivity contribution in [2.75, 3.05) is 19.7 Å². The molecule has 0 spiro atoms. The van der Waals surface area contributed by atoms with Crippen LogP contribution in [0.2, 0.25) is 0 Å². The van der Waals surface area contributed by atoms with Crippen LogP contribution in [0, 0.1) is 5.92 Å². The fourth-order valence-electron chi connectivity index (χ4n) is 7.22. The van der Waals surface area contributed by atoms with Gasteiger partial charge in [-0.25, -0.2) is 9.78 Å². The molecular weight excluding hydrogens is 761 g/mol. The smallest absolute Gasteiger partial charge is 0.381 e. The number of hydrogen-bond donors (Lipinski definition) is 3. The number of aromatic nitrogens is 1. The molecule has 3 heterocycles. The van der Waals surface area contributed by atoms with Gasteiger partial charge in [-0.05, 0) is 70.4 Å². The minimum absolute atomic E-state index is 0.104. The molecule has 58 heavy (non-hydrogen) atoms. The second-order valence-corrected chi connectivity index (χ2v) is 16.5. The Hall–Kier alpha value is -5.15. The van der Waals surface area contributed by atoms with Gasteiger partial charge < -0.3 is 35.2 Å². The topological polar surface area (TPSA) is 180 Å². The number of ether oxygens (including phenoxy) is 2. The van der Waals surface area contributed by atoms with Gasteiger partial charge in [-0.2, -0.15) is 0 Å². The number of epoxide rings is 1. The SMILES string of the molecule is CCN(CC)C(=O)Oc1nc(CC(=O)N[C@@H](CCc2ccccc2)C(=O)N[C@H]2CC(C)N([C@@H](Cc3ccccc3)C(=O)N[C@@H](CC(C)C)C(=O)C3(C)CO3)C2=O)cs1. The molecule has 3 N–H and O–H groups in total. The van der Waals surface area contributed by atoms with Gasteiger partial charge in [-0.15, -0.1) is 0 Å². The average molecular weight is 817 g/mol. The van der Waals surface area contributed by atoms with Crippen LogP contribution < -0.4 is 20.7 Å². The highest BCUT2D eigenvalue weighted by molar-refractivity contribution is 7.11. The summed E-state index contributed by atoms with van der Waals surface area (Å²) in [5.41, 5.74) is 1.24. The first-order chi connectivity index (χ1) is 27.7. The van der Waals surface area contributed by atoms with E-state index in [1.807, 2.05) is 95.3 Å². The van der Waals surface area contributed by atoms with Crippen LogP contribution in [0.15, 0.2) is 66.0 Å². The maximum Gasteiger partial charge on any atom is 0.417 e. The molecule has 0 bridgehead atoms. The monoisotopic (exact) mass is 816 g/mol. The van der Waals surface area contributed by atoms with Gasteiger partial charge in [0.2, 0.25) is 23.6 Å². The maximum atomic E-state index is 14.3. The summed E-state index contributed by atoms with van der Waals surface area (Å²) < 4.78 is 10.8. The zero-order valence-electron chi connectivity index (χ0n) is 34.2. The van der Waals surface area contributed by atoms with Crippen LogP contribution in [0.25, 0.3) is 0 Å². The summed E-state index contributed by atoms with van der Waals surface area (Å²) in [5.74, 6) is -1.98. The molecule has 6 atom stereocenters. The Labute approximate surface area is 344 Å². The molecule has 15 heteroatoms. The lowest BCUT2D eigenvalue weighted by Gasteiger charge is -2.33. The molecule has 2 fully saturated rings. The fraction of sp³-hybridized carbons (Fsp3) is 0.512. The van der Waals surface area contributed by atoms with Gasteiger partial charge in [0.1, 0.15) is 23.7 Å². The molecule has 2 unspecified atom stereocenters. The molecule has 3 aromatic rings. The number of thiazole rings is 1. The largest absolute Gasteiger partial charge is 0.417 e. The highest BCUT2D eigenvalue weighted by atomic mass is 32.1. The molecule has 1 aromatic heterocycles. The second-order valence-electron chi connectivity index (χ2n) is 15.6. The van der Waals surface area contributed by atoms with Crippen molar-refractivity contribution in [3.63, 3.8) is 0 Å². The number of ketones is 1. The molecule has 14 nitrogen and oxygen atoms in total. The summed E-state index contributed by atoms with van der Waals surface area (Å²) in [5, 5.41) is 10.4. The van der Waals surface area contributed by atoms with Gasteiger partial charge in [0.15, 0.2) is 5.78 Å². The number of carbonyl (C=O) groups is 6. The van der Waals surface area contributed by atoms with Crippen molar-refractivity contribution in [3.8, 4) is 5.19 Å². The van der Waals surface area contributed by atoms with E-state index in [1.54, 1.807) is 12.3 Å². The molecule has 312 valence electrons. The van der Waals surface area contributed by atoms with Crippen molar-refractivity contribution in [1.29, 1.82) is 0 Å². The molecule has 0 saturated carbocycles. The number of rotatable bonds is 20. The predicted octanol–water partition coefficient (Wildman–Crippen LogP) is 4.25. The molecule has 2 saturated heterocycles. The molecule has 5 rings (SSSR count). The Morgan fingerprint density at radius 1 is 0.966 bits per heavy atom. The third kappa shape index (κ3) is 11.7. The number of Topliss-reactive ketones (excluding diaryl/α,β-unsaturated/α-hetero) is 1. The van der Waals surface area contributed by atoms with Crippen molar-refractivity contribution in [1.82, 2.24) is 30.7 Å². The van der Waals surface area contributed by atoms with Gasteiger partial charge in [0.25, 0.3) is 5.19 Å². The zero-order valence-corrected chi connectivity index (χ0v) is 35.0. The Balaban J connectivity index is 1.30. The molecular formula is C43H56N6O8S. The maximum absolute atomic E-state index is 14.3. The summed E-state index contributed by atoms with van der Waals surface area (Å²) in [6.45, 7) is 12.4. The highest BCUT2D eigenvalue weighted by Gasteiger charge is 2.51. The van der Waals surface area contributed by atoms with Gasteiger partial charge in [0.05, 0.1) is 24.8 Å². The van der Waals surface area contributed by atoms with Crippen LogP contribution in [0.5, 0.6) is 5.19 Å². The van der Waals surface area contributed by atoms with E-state index in [9.17, 15) is 28.8 Å². The van der Waals surface area contributed by atoms with Crippen molar-refractivity contribution in [2.24, 2.45) is 5.92 Å². The summed E-state index contributed by atoms with van der Waals surface area (Å²) >= 11 is 1.09. The minimum Gasteiger partial charge on any atom is -0.381 e. The average Bonchev–Trinajstić information content (AvgIpc) is 3.70. The number of nitrogens with zero attached hydrogens (tertiary/aromatic N) is 3. The van der Waals surface area contributed by atoms with Crippen molar-refractivity contribution in [2.45, 2.75) is 116 Å². The minimum atomic E-state index is -0.999. The van der Waals surface area contributed by atoms with Gasteiger partial charge in [0, 0.05) is 30.9 Å². The van der Waals surface area contributed by atoms with E-state index < -0.39 is 65.5 Å². The van der Waals surface area contributed by atoms with E-state index in [2.05, 4.69) is 20.9 Å². The van der Waals surface area contributed by atoms with E-state index >= 15 is 0 Å². The highest BCUT2D eigenvalue weighted by Crippen LogP contribution is 2.30. The van der Waals surface area contributed by atoms with E-state index in [4.69, 9.17) is 9.47 Å². The molecule has 0 aliphatic carbocycles. The third-order valence-electron chi connectivity index (χ3n) is 10.6. The fourth-order valence-corrected chi connectivity index (χ4v) is 7.89. The van der Waals surface area contributed by atoms with Gasteiger partial charge >= 0.3 is 6.09 Å². The van der Waals surface area contributed by atoms with Crippen LogP contribution in [0.3, 0.4) is 0 Å². The molecule has 5 amide bonds. The Morgan fingerprint density at radius 3 is 2.21 bits per heavy atom. The normalized spacial score (nSPS) is 20.2. The number of amides is 5. The van der Waals surface area contributed by atoms with Crippen LogP contribution in [-0.4, -0.2) is 106 Å². The third-order valence-corrected chi connectivity index (χ3v) is 11.3. The molecule has 2 aliphatic heterocycles. The number of aryl methyl sites for hydroxylation is 1. The zero-order chi connectivity index (χ0) is 42.0. The number of likely N-dealkylation sites (tertiary alicyclic amines) is 1. The van der Waals surface area contributed by atoms with Crippen LogP contribution >= 0.6 is 11.3 Å². The van der Waals surface area contributed by atoms with Crippen LogP contribution in [0.1, 0.15) is 77.6 Å². The number of benzene rings is 2. The van der Waals surface area contributed by atoms with Crippen molar-refractivity contribution >= 4 is 46.8 Å². The second kappa shape index (κ2) is 20.0. The van der Waals surface area contributed by atoms with Crippen molar-refractivity contribution < 1.29 is 38.2 Å². The van der Waals surface area contributed by atoms with Crippen LogP contribution in [0.4, 0.5) is 4.79 Å².